The van der Waals surface area contributed by atoms with Crippen LogP contribution in [0.1, 0.15) is 41.4 Å². The van der Waals surface area contributed by atoms with Crippen LogP contribution in [0, 0.1) is 6.92 Å². The van der Waals surface area contributed by atoms with Crippen molar-refractivity contribution in [3.63, 3.8) is 0 Å². The Hall–Kier alpha value is -2.10. The quantitative estimate of drug-likeness (QED) is 0.899. The molecule has 0 unspecified atom stereocenters. The Balaban J connectivity index is 2.48. The van der Waals surface area contributed by atoms with E-state index in [0.717, 1.165) is 11.1 Å². The third kappa shape index (κ3) is 2.27. The van der Waals surface area contributed by atoms with E-state index in [1.165, 1.54) is 11.6 Å². The number of hydrogen-bond donors (Lipinski definition) is 1. The largest absolute Gasteiger partial charge is 0.475 e. The summed E-state index contributed by atoms with van der Waals surface area (Å²) in [4.78, 5) is 10.8. The van der Waals surface area contributed by atoms with E-state index < -0.39 is 5.97 Å². The molecule has 0 aliphatic carbocycles. The van der Waals surface area contributed by atoms with E-state index in [-0.39, 0.29) is 5.76 Å². The highest BCUT2D eigenvalue weighted by Crippen LogP contribution is 2.27. The molecule has 0 atom stereocenters. The zero-order chi connectivity index (χ0) is 13.3. The summed E-state index contributed by atoms with van der Waals surface area (Å²) in [5.41, 5.74) is 3.71. The van der Waals surface area contributed by atoms with Gasteiger partial charge in [0.15, 0.2) is 0 Å². The number of hydrogen-bond acceptors (Lipinski definition) is 3. The fraction of sp³-hybridized carbons (Fsp3) is 0.286. The number of rotatable bonds is 3. The van der Waals surface area contributed by atoms with Gasteiger partial charge in [0.05, 0.1) is 0 Å². The number of aromatic nitrogens is 1. The Bertz CT molecular complexity index is 584. The minimum Gasteiger partial charge on any atom is -0.475 e. The summed E-state index contributed by atoms with van der Waals surface area (Å²) in [6.07, 6.45) is 0. The summed E-state index contributed by atoms with van der Waals surface area (Å²) < 4.78 is 4.79. The number of aryl methyl sites for hydroxylation is 1. The van der Waals surface area contributed by atoms with Crippen molar-refractivity contribution < 1.29 is 14.4 Å². The second-order valence-electron chi connectivity index (χ2n) is 4.61. The van der Waals surface area contributed by atoms with Crippen LogP contribution in [0.5, 0.6) is 0 Å². The van der Waals surface area contributed by atoms with Crippen molar-refractivity contribution in [2.24, 2.45) is 0 Å². The maximum atomic E-state index is 10.8. The van der Waals surface area contributed by atoms with Gasteiger partial charge in [-0.05, 0) is 30.0 Å². The molecule has 1 aromatic heterocycles. The van der Waals surface area contributed by atoms with Crippen molar-refractivity contribution in [3.05, 3.63) is 41.2 Å². The van der Waals surface area contributed by atoms with Crippen molar-refractivity contribution in [2.45, 2.75) is 26.7 Å². The fourth-order valence-corrected chi connectivity index (χ4v) is 1.78. The molecule has 0 aliphatic rings. The number of benzene rings is 1. The van der Waals surface area contributed by atoms with Gasteiger partial charge in [0, 0.05) is 11.6 Å². The molecule has 4 heteroatoms. The van der Waals surface area contributed by atoms with Crippen molar-refractivity contribution in [1.82, 2.24) is 5.16 Å². The maximum Gasteiger partial charge on any atom is 0.374 e. The van der Waals surface area contributed by atoms with Crippen molar-refractivity contribution in [2.75, 3.05) is 0 Å². The van der Waals surface area contributed by atoms with E-state index >= 15 is 0 Å². The summed E-state index contributed by atoms with van der Waals surface area (Å²) in [5.74, 6) is -0.832. The topological polar surface area (TPSA) is 63.3 Å². The van der Waals surface area contributed by atoms with Gasteiger partial charge in [0.25, 0.3) is 0 Å². The molecule has 0 spiro atoms. The Kier molecular flexibility index (Phi) is 3.19. The molecule has 94 valence electrons. The smallest absolute Gasteiger partial charge is 0.374 e. The van der Waals surface area contributed by atoms with Gasteiger partial charge in [-0.3, -0.25) is 0 Å². The lowest BCUT2D eigenvalue weighted by Gasteiger charge is -2.09. The first-order chi connectivity index (χ1) is 8.49. The second kappa shape index (κ2) is 4.64. The molecule has 0 amide bonds. The monoisotopic (exact) mass is 245 g/mol. The normalized spacial score (nSPS) is 10.9. The fourth-order valence-electron chi connectivity index (χ4n) is 1.78. The Morgan fingerprint density at radius 3 is 2.61 bits per heavy atom. The molecule has 18 heavy (non-hydrogen) atoms. The lowest BCUT2D eigenvalue weighted by Crippen LogP contribution is -1.92. The predicted octanol–water partition coefficient (Wildman–Crippen LogP) is 3.47. The van der Waals surface area contributed by atoms with Crippen LogP contribution in [0.4, 0.5) is 0 Å². The number of carboxylic acid groups (broad SMARTS) is 1. The van der Waals surface area contributed by atoms with Crippen LogP contribution < -0.4 is 0 Å². The van der Waals surface area contributed by atoms with E-state index in [4.69, 9.17) is 9.63 Å². The van der Waals surface area contributed by atoms with Crippen LogP contribution in [0.15, 0.2) is 28.8 Å². The molecule has 0 saturated heterocycles. The van der Waals surface area contributed by atoms with Gasteiger partial charge in [0.1, 0.15) is 5.69 Å². The minimum atomic E-state index is -1.11. The van der Waals surface area contributed by atoms with E-state index in [9.17, 15) is 4.79 Å². The highest BCUT2D eigenvalue weighted by Gasteiger charge is 2.14. The van der Waals surface area contributed by atoms with E-state index in [1.807, 2.05) is 19.1 Å². The molecule has 0 radical (unpaired) electrons. The van der Waals surface area contributed by atoms with Crippen molar-refractivity contribution >= 4 is 5.97 Å². The summed E-state index contributed by atoms with van der Waals surface area (Å²) in [5, 5.41) is 12.6. The molecule has 1 N–H and O–H groups in total. The first-order valence-electron chi connectivity index (χ1n) is 5.80. The zero-order valence-corrected chi connectivity index (χ0v) is 10.6. The van der Waals surface area contributed by atoms with Crippen LogP contribution in [-0.4, -0.2) is 16.2 Å². The van der Waals surface area contributed by atoms with Gasteiger partial charge in [-0.2, -0.15) is 0 Å². The Labute approximate surface area is 105 Å². The van der Waals surface area contributed by atoms with Gasteiger partial charge in [-0.15, -0.1) is 0 Å². The van der Waals surface area contributed by atoms with Crippen LogP contribution in [0.3, 0.4) is 0 Å². The third-order valence-corrected chi connectivity index (χ3v) is 2.93. The predicted molar refractivity (Wildman–Crippen MR) is 67.7 cm³/mol. The summed E-state index contributed by atoms with van der Waals surface area (Å²) >= 11 is 0. The SMILES string of the molecule is Cc1ccc(C(C)C)cc1-c1cc(C(=O)O)on1. The van der Waals surface area contributed by atoms with Crippen molar-refractivity contribution in [1.29, 1.82) is 0 Å². The number of carbonyl (C=O) groups is 1. The van der Waals surface area contributed by atoms with Gasteiger partial charge < -0.3 is 9.63 Å². The average molecular weight is 245 g/mol. The summed E-state index contributed by atoms with van der Waals surface area (Å²) in [6.45, 7) is 6.19. The molecule has 1 aromatic carbocycles. The summed E-state index contributed by atoms with van der Waals surface area (Å²) in [7, 11) is 0. The van der Waals surface area contributed by atoms with Crippen LogP contribution in [0.2, 0.25) is 0 Å². The van der Waals surface area contributed by atoms with E-state index in [0.29, 0.717) is 11.6 Å². The maximum absolute atomic E-state index is 10.8. The van der Waals surface area contributed by atoms with E-state index in [2.05, 4.69) is 25.1 Å². The Morgan fingerprint density at radius 2 is 2.06 bits per heavy atom. The number of aromatic carboxylic acids is 1. The second-order valence-corrected chi connectivity index (χ2v) is 4.61. The molecule has 4 nitrogen and oxygen atoms in total. The molecular weight excluding hydrogens is 230 g/mol. The standard InChI is InChI=1S/C14H15NO3/c1-8(2)10-5-4-9(3)11(6-10)12-7-13(14(16)17)18-15-12/h4-8H,1-3H3,(H,16,17). The number of nitrogens with zero attached hydrogens (tertiary/aromatic N) is 1. The summed E-state index contributed by atoms with van der Waals surface area (Å²) in [6, 6.07) is 7.57. The van der Waals surface area contributed by atoms with Gasteiger partial charge in [0.2, 0.25) is 5.76 Å². The van der Waals surface area contributed by atoms with Crippen LogP contribution in [0.25, 0.3) is 11.3 Å². The molecular formula is C14H15NO3. The third-order valence-electron chi connectivity index (χ3n) is 2.93. The molecule has 2 rings (SSSR count). The highest BCUT2D eigenvalue weighted by molar-refractivity contribution is 5.85. The molecule has 0 bridgehead atoms. The first-order valence-corrected chi connectivity index (χ1v) is 5.80. The van der Waals surface area contributed by atoms with Crippen LogP contribution >= 0.6 is 0 Å². The molecule has 2 aromatic rings. The molecule has 0 fully saturated rings. The molecule has 0 saturated carbocycles. The highest BCUT2D eigenvalue weighted by atomic mass is 16.5. The van der Waals surface area contributed by atoms with Crippen LogP contribution in [-0.2, 0) is 0 Å². The first kappa shape index (κ1) is 12.4. The average Bonchev–Trinajstić information content (AvgIpc) is 2.78. The number of carboxylic acids is 1. The van der Waals surface area contributed by atoms with Gasteiger partial charge >= 0.3 is 5.97 Å². The lowest BCUT2D eigenvalue weighted by atomic mass is 9.96. The minimum absolute atomic E-state index is 0.139. The molecule has 0 aliphatic heterocycles. The van der Waals surface area contributed by atoms with E-state index in [1.54, 1.807) is 0 Å². The van der Waals surface area contributed by atoms with Crippen molar-refractivity contribution in [3.8, 4) is 11.3 Å². The molecule has 1 heterocycles. The Morgan fingerprint density at radius 1 is 1.33 bits per heavy atom. The van der Waals surface area contributed by atoms with Gasteiger partial charge in [-0.25, -0.2) is 4.79 Å². The lowest BCUT2D eigenvalue weighted by molar-refractivity contribution is 0.0652. The van der Waals surface area contributed by atoms with Gasteiger partial charge in [-0.1, -0.05) is 31.1 Å². The zero-order valence-electron chi connectivity index (χ0n) is 10.6.